The molecule has 0 saturated heterocycles. The van der Waals surface area contributed by atoms with Crippen LogP contribution in [0.25, 0.3) is 0 Å². The number of aromatic nitrogens is 3. The van der Waals surface area contributed by atoms with Gasteiger partial charge in [-0.2, -0.15) is 5.10 Å². The van der Waals surface area contributed by atoms with E-state index in [1.165, 1.54) is 36.7 Å². The van der Waals surface area contributed by atoms with Gasteiger partial charge in [0, 0.05) is 18.1 Å². The van der Waals surface area contributed by atoms with Crippen LogP contribution in [-0.2, 0) is 0 Å². The fraction of sp³-hybridized carbons (Fsp3) is 0. The molecule has 8 heteroatoms. The van der Waals surface area contributed by atoms with Gasteiger partial charge in [-0.3, -0.25) is 14.7 Å². The Labute approximate surface area is 129 Å². The molecular weight excluding hydrogens is 301 g/mol. The third kappa shape index (κ3) is 3.26. The minimum absolute atomic E-state index is 0.0956. The molecule has 0 saturated carbocycles. The smallest absolute Gasteiger partial charge is 0.275 e. The minimum Gasteiger partial charge on any atom is -0.367 e. The number of amides is 2. The van der Waals surface area contributed by atoms with Gasteiger partial charge in [0.05, 0.1) is 17.4 Å². The molecule has 2 aromatic heterocycles. The zero-order valence-electron chi connectivity index (χ0n) is 11.8. The molecule has 0 bridgehead atoms. The van der Waals surface area contributed by atoms with E-state index in [-0.39, 0.29) is 17.3 Å². The number of nitrogens with one attached hydrogen (secondary N) is 4. The average Bonchev–Trinajstić information content (AvgIpc) is 3.20. The average molecular weight is 313 g/mol. The molecule has 4 N–H and O–H groups in total. The highest BCUT2D eigenvalue weighted by Gasteiger charge is 2.17. The summed E-state index contributed by atoms with van der Waals surface area (Å²) in [6.07, 6.45) is 4.49. The first-order valence-electron chi connectivity index (χ1n) is 6.68. The molecule has 0 atom stereocenters. The van der Waals surface area contributed by atoms with Crippen molar-refractivity contribution in [3.8, 4) is 0 Å². The molecule has 23 heavy (non-hydrogen) atoms. The van der Waals surface area contributed by atoms with Crippen molar-refractivity contribution in [3.63, 3.8) is 0 Å². The molecule has 0 fully saturated rings. The Kier molecular flexibility index (Phi) is 3.88. The van der Waals surface area contributed by atoms with Crippen molar-refractivity contribution < 1.29 is 14.0 Å². The molecule has 2 amide bonds. The number of hydrogen-bond donors (Lipinski definition) is 4. The van der Waals surface area contributed by atoms with Crippen LogP contribution in [0.1, 0.15) is 20.8 Å². The molecule has 116 valence electrons. The van der Waals surface area contributed by atoms with E-state index >= 15 is 0 Å². The van der Waals surface area contributed by atoms with Gasteiger partial charge in [0.25, 0.3) is 11.8 Å². The first-order valence-corrected chi connectivity index (χ1v) is 6.68. The highest BCUT2D eigenvalue weighted by atomic mass is 19.1. The zero-order valence-corrected chi connectivity index (χ0v) is 11.8. The van der Waals surface area contributed by atoms with Gasteiger partial charge in [-0.05, 0) is 30.3 Å². The molecule has 1 aromatic carbocycles. The predicted octanol–water partition coefficient (Wildman–Crippen LogP) is 2.38. The highest BCUT2D eigenvalue weighted by molar-refractivity contribution is 6.11. The second kappa shape index (κ2) is 6.14. The summed E-state index contributed by atoms with van der Waals surface area (Å²) >= 11 is 0. The lowest BCUT2D eigenvalue weighted by Gasteiger charge is -2.06. The van der Waals surface area contributed by atoms with Crippen molar-refractivity contribution >= 4 is 23.2 Å². The Balaban J connectivity index is 1.73. The second-order valence-electron chi connectivity index (χ2n) is 4.67. The molecule has 2 heterocycles. The summed E-state index contributed by atoms with van der Waals surface area (Å²) in [7, 11) is 0. The molecular formula is C15H12FN5O2. The van der Waals surface area contributed by atoms with Gasteiger partial charge in [0.2, 0.25) is 0 Å². The van der Waals surface area contributed by atoms with Gasteiger partial charge < -0.3 is 15.6 Å². The summed E-state index contributed by atoms with van der Waals surface area (Å²) < 4.78 is 12.9. The maximum Gasteiger partial charge on any atom is 0.275 e. The van der Waals surface area contributed by atoms with Crippen LogP contribution in [0.2, 0.25) is 0 Å². The fourth-order valence-electron chi connectivity index (χ4n) is 1.94. The number of nitrogens with zero attached hydrogens (tertiary/aromatic N) is 1. The normalized spacial score (nSPS) is 10.3. The van der Waals surface area contributed by atoms with Crippen molar-refractivity contribution in [1.82, 2.24) is 15.2 Å². The van der Waals surface area contributed by atoms with E-state index in [9.17, 15) is 14.0 Å². The number of rotatable bonds is 4. The summed E-state index contributed by atoms with van der Waals surface area (Å²) in [5, 5.41) is 11.5. The Bertz CT molecular complexity index is 824. The van der Waals surface area contributed by atoms with Crippen molar-refractivity contribution in [2.45, 2.75) is 0 Å². The topological polar surface area (TPSA) is 103 Å². The summed E-state index contributed by atoms with van der Waals surface area (Å²) in [6.45, 7) is 0. The number of anilines is 2. The number of benzene rings is 1. The van der Waals surface area contributed by atoms with Crippen LogP contribution >= 0.6 is 0 Å². The number of H-pyrrole nitrogens is 2. The van der Waals surface area contributed by atoms with Crippen LogP contribution in [0, 0.1) is 5.82 Å². The second-order valence-corrected chi connectivity index (χ2v) is 4.67. The molecule has 0 aliphatic heterocycles. The maximum atomic E-state index is 12.9. The summed E-state index contributed by atoms with van der Waals surface area (Å²) in [5.41, 5.74) is 1.19. The van der Waals surface area contributed by atoms with Crippen LogP contribution < -0.4 is 10.6 Å². The number of aromatic amines is 2. The number of halogens is 1. The quantitative estimate of drug-likeness (QED) is 0.594. The van der Waals surface area contributed by atoms with Gasteiger partial charge in [-0.1, -0.05) is 0 Å². The van der Waals surface area contributed by atoms with Crippen LogP contribution in [0.4, 0.5) is 15.8 Å². The zero-order chi connectivity index (χ0) is 16.2. The van der Waals surface area contributed by atoms with Gasteiger partial charge in [-0.25, -0.2) is 4.39 Å². The highest BCUT2D eigenvalue weighted by Crippen LogP contribution is 2.16. The molecule has 3 aromatic rings. The number of hydrogen-bond acceptors (Lipinski definition) is 3. The van der Waals surface area contributed by atoms with Crippen molar-refractivity contribution in [2.75, 3.05) is 10.6 Å². The van der Waals surface area contributed by atoms with Crippen LogP contribution in [0.5, 0.6) is 0 Å². The number of carbonyl (C=O) groups excluding carboxylic acids is 2. The Hall–Kier alpha value is -3.42. The Morgan fingerprint density at radius 3 is 2.52 bits per heavy atom. The molecule has 0 unspecified atom stereocenters. The van der Waals surface area contributed by atoms with E-state index < -0.39 is 11.7 Å². The summed E-state index contributed by atoms with van der Waals surface area (Å²) in [4.78, 5) is 27.0. The molecule has 0 aliphatic carbocycles. The van der Waals surface area contributed by atoms with Gasteiger partial charge in [0.15, 0.2) is 0 Å². The van der Waals surface area contributed by atoms with Crippen LogP contribution in [0.15, 0.2) is 48.9 Å². The van der Waals surface area contributed by atoms with Crippen molar-refractivity contribution in [3.05, 3.63) is 66.0 Å². The molecule has 0 aliphatic rings. The monoisotopic (exact) mass is 313 g/mol. The summed E-state index contributed by atoms with van der Waals surface area (Å²) in [6, 6.07) is 6.94. The van der Waals surface area contributed by atoms with E-state index in [0.717, 1.165) is 0 Å². The minimum atomic E-state index is -0.501. The molecule has 7 nitrogen and oxygen atoms in total. The molecule has 3 rings (SSSR count). The Morgan fingerprint density at radius 1 is 1.04 bits per heavy atom. The van der Waals surface area contributed by atoms with Gasteiger partial charge >= 0.3 is 0 Å². The Morgan fingerprint density at radius 2 is 1.83 bits per heavy atom. The van der Waals surface area contributed by atoms with Gasteiger partial charge in [-0.15, -0.1) is 0 Å². The lowest BCUT2D eigenvalue weighted by molar-refractivity contribution is 0.102. The van der Waals surface area contributed by atoms with E-state index in [1.54, 1.807) is 12.3 Å². The van der Waals surface area contributed by atoms with E-state index in [4.69, 9.17) is 0 Å². The molecule has 0 spiro atoms. The maximum absolute atomic E-state index is 12.9. The van der Waals surface area contributed by atoms with E-state index in [1.807, 2.05) is 0 Å². The SMILES string of the molecule is O=C(Nc1cn[nH]c1C(=O)Nc1ccc(F)cc1)c1cc[nH]c1. The van der Waals surface area contributed by atoms with E-state index in [0.29, 0.717) is 11.3 Å². The lowest BCUT2D eigenvalue weighted by Crippen LogP contribution is -2.17. The largest absolute Gasteiger partial charge is 0.367 e. The van der Waals surface area contributed by atoms with Crippen molar-refractivity contribution in [1.29, 1.82) is 0 Å². The third-order valence-corrected chi connectivity index (χ3v) is 3.08. The first kappa shape index (κ1) is 14.5. The van der Waals surface area contributed by atoms with Crippen molar-refractivity contribution in [2.24, 2.45) is 0 Å². The lowest BCUT2D eigenvalue weighted by atomic mass is 10.2. The fourth-order valence-corrected chi connectivity index (χ4v) is 1.94. The summed E-state index contributed by atoms with van der Waals surface area (Å²) in [5.74, 6) is -1.27. The van der Waals surface area contributed by atoms with Gasteiger partial charge in [0.1, 0.15) is 11.5 Å². The molecule has 0 radical (unpaired) electrons. The predicted molar refractivity (Wildman–Crippen MR) is 81.7 cm³/mol. The standard InChI is InChI=1S/C15H12FN5O2/c16-10-1-3-11(4-2-10)19-15(23)13-12(8-18-21-13)20-14(22)9-5-6-17-7-9/h1-8,17H,(H,18,21)(H,19,23)(H,20,22). The first-order chi connectivity index (χ1) is 11.1. The third-order valence-electron chi connectivity index (χ3n) is 3.08. The number of carbonyl (C=O) groups is 2. The van der Waals surface area contributed by atoms with Crippen LogP contribution in [-0.4, -0.2) is 27.0 Å². The van der Waals surface area contributed by atoms with Crippen LogP contribution in [0.3, 0.4) is 0 Å². The van der Waals surface area contributed by atoms with E-state index in [2.05, 4.69) is 25.8 Å².